The van der Waals surface area contributed by atoms with Gasteiger partial charge in [-0.3, -0.25) is 0 Å². The van der Waals surface area contributed by atoms with Crippen LogP contribution < -0.4 is 14.2 Å². The van der Waals surface area contributed by atoms with Crippen LogP contribution in [0.2, 0.25) is 0 Å². The number of rotatable bonds is 39. The highest BCUT2D eigenvalue weighted by Gasteiger charge is 2.24. The van der Waals surface area contributed by atoms with Crippen LogP contribution in [0.1, 0.15) is 250 Å². The van der Waals surface area contributed by atoms with E-state index in [9.17, 15) is 15.8 Å². The second-order valence-electron chi connectivity index (χ2n) is 18.2. The van der Waals surface area contributed by atoms with Crippen LogP contribution in [0.15, 0.2) is 0 Å². The SMILES string of the molecule is CCCCCCCCCCCCCOc1nc2c(nc1C#N)c1nc(OCCCCCCCCCCCCC)c(C#N)nc1c1nc(OCCCCCCCCCCCCC)c(C#N)nc21. The van der Waals surface area contributed by atoms with Gasteiger partial charge >= 0.3 is 0 Å². The van der Waals surface area contributed by atoms with E-state index < -0.39 is 0 Å². The van der Waals surface area contributed by atoms with Crippen molar-refractivity contribution in [3.05, 3.63) is 17.1 Å². The zero-order valence-electron chi connectivity index (χ0n) is 41.2. The van der Waals surface area contributed by atoms with Crippen LogP contribution in [0.25, 0.3) is 33.1 Å². The molecule has 0 spiro atoms. The molecule has 0 fully saturated rings. The van der Waals surface area contributed by atoms with Gasteiger partial charge in [0.2, 0.25) is 17.1 Å². The Hall–Kier alpha value is -4.89. The van der Waals surface area contributed by atoms with Gasteiger partial charge in [0, 0.05) is 0 Å². The van der Waals surface area contributed by atoms with Crippen molar-refractivity contribution in [2.24, 2.45) is 0 Å². The summed E-state index contributed by atoms with van der Waals surface area (Å²) in [7, 11) is 0. The van der Waals surface area contributed by atoms with Crippen molar-refractivity contribution in [1.29, 1.82) is 15.8 Å². The zero-order chi connectivity index (χ0) is 46.9. The second kappa shape index (κ2) is 33.6. The summed E-state index contributed by atoms with van der Waals surface area (Å²) < 4.78 is 18.4. The number of unbranched alkanes of at least 4 members (excludes halogenated alkanes) is 30. The van der Waals surface area contributed by atoms with Crippen molar-refractivity contribution >= 4 is 33.1 Å². The fraction of sp³-hybridized carbons (Fsp3) is 0.722. The number of ether oxygens (including phenoxy) is 3. The maximum absolute atomic E-state index is 10.3. The third kappa shape index (κ3) is 18.8. The third-order valence-corrected chi connectivity index (χ3v) is 12.5. The van der Waals surface area contributed by atoms with E-state index in [4.69, 9.17) is 44.1 Å². The summed E-state index contributed by atoms with van der Waals surface area (Å²) >= 11 is 0. The summed E-state index contributed by atoms with van der Waals surface area (Å²) in [6.45, 7) is 7.89. The number of nitriles is 3. The molecule has 0 bridgehead atoms. The third-order valence-electron chi connectivity index (χ3n) is 12.5. The smallest absolute Gasteiger partial charge is 0.251 e. The van der Waals surface area contributed by atoms with Gasteiger partial charge in [-0.05, 0) is 19.3 Å². The minimum Gasteiger partial charge on any atom is -0.476 e. The van der Waals surface area contributed by atoms with E-state index in [1.807, 2.05) is 0 Å². The molecule has 0 N–H and O–H groups in total. The Morgan fingerprint density at radius 2 is 0.455 bits per heavy atom. The van der Waals surface area contributed by atoms with Crippen LogP contribution in [0.5, 0.6) is 17.6 Å². The minimum absolute atomic E-state index is 0.00111. The number of nitrogens with zero attached hydrogens (tertiary/aromatic N) is 9. The average molecular weight is 904 g/mol. The molecule has 3 heterocycles. The van der Waals surface area contributed by atoms with Crippen molar-refractivity contribution < 1.29 is 14.2 Å². The lowest BCUT2D eigenvalue weighted by atomic mass is 10.1. The number of fused-ring (bicyclic) bond motifs is 6. The van der Waals surface area contributed by atoms with Gasteiger partial charge in [0.1, 0.15) is 51.3 Å². The number of benzene rings is 1. The molecule has 1 aromatic carbocycles. The molecule has 12 nitrogen and oxygen atoms in total. The standard InChI is InChI=1S/C54H81N9O3/c1-4-7-10-13-16-19-22-25-28-31-34-37-64-52-43(40-55)58-46-49(61-52)47-51(63-53(44(41-56)59-47)65-38-35-32-29-26-23-20-17-14-11-8-5-2)48-50(46)62-54(45(42-57)60-48)66-39-36-33-30-27-24-21-18-15-12-9-6-3/h4-39H2,1-3H3. The molecule has 3 aromatic heterocycles. The lowest BCUT2D eigenvalue weighted by molar-refractivity contribution is 0.291. The van der Waals surface area contributed by atoms with Crippen molar-refractivity contribution in [2.45, 2.75) is 233 Å². The molecule has 0 atom stereocenters. The highest BCUT2D eigenvalue weighted by Crippen LogP contribution is 2.35. The molecule has 66 heavy (non-hydrogen) atoms. The number of hydrogen-bond donors (Lipinski definition) is 0. The first kappa shape index (κ1) is 53.7. The number of aromatic nitrogens is 6. The summed E-state index contributed by atoms with van der Waals surface area (Å²) in [5.74, 6) is 0.262. The Labute approximate surface area is 397 Å². The summed E-state index contributed by atoms with van der Waals surface area (Å²) in [6, 6.07) is 6.47. The van der Waals surface area contributed by atoms with E-state index in [1.54, 1.807) is 0 Å². The van der Waals surface area contributed by atoms with Crippen LogP contribution in [-0.4, -0.2) is 49.7 Å². The highest BCUT2D eigenvalue weighted by molar-refractivity contribution is 6.18. The summed E-state index contributed by atoms with van der Waals surface area (Å²) in [5, 5.41) is 30.8. The quantitative estimate of drug-likeness (QED) is 0.0306. The first-order valence-electron chi connectivity index (χ1n) is 26.5. The molecule has 0 amide bonds. The molecule has 4 aromatic rings. The van der Waals surface area contributed by atoms with E-state index in [-0.39, 0.29) is 67.8 Å². The molecule has 0 aliphatic rings. The number of hydrogen-bond acceptors (Lipinski definition) is 12. The minimum atomic E-state index is 0.00111. The lowest BCUT2D eigenvalue weighted by Gasteiger charge is -2.14. The first-order valence-corrected chi connectivity index (χ1v) is 26.5. The summed E-state index contributed by atoms with van der Waals surface area (Å²) in [5.41, 5.74) is 1.51. The molecule has 0 saturated carbocycles. The van der Waals surface area contributed by atoms with Crippen LogP contribution in [-0.2, 0) is 0 Å². The molecule has 0 aliphatic carbocycles. The maximum atomic E-state index is 10.3. The summed E-state index contributed by atoms with van der Waals surface area (Å²) in [6.07, 6.45) is 40.0. The molecule has 4 rings (SSSR count). The second-order valence-corrected chi connectivity index (χ2v) is 18.2. The molecule has 12 heteroatoms. The molecule has 360 valence electrons. The van der Waals surface area contributed by atoms with Gasteiger partial charge < -0.3 is 14.2 Å². The Balaban J connectivity index is 1.51. The Kier molecular flexibility index (Phi) is 27.3. The van der Waals surface area contributed by atoms with Crippen molar-refractivity contribution in [1.82, 2.24) is 29.9 Å². The zero-order valence-corrected chi connectivity index (χ0v) is 41.2. The monoisotopic (exact) mass is 904 g/mol. The van der Waals surface area contributed by atoms with E-state index in [2.05, 4.69) is 39.0 Å². The molecular weight excluding hydrogens is 823 g/mol. The lowest BCUT2D eigenvalue weighted by Crippen LogP contribution is -2.08. The molecule has 0 aliphatic heterocycles. The normalized spacial score (nSPS) is 11.3. The molecule has 0 unspecified atom stereocenters. The topological polar surface area (TPSA) is 176 Å². The fourth-order valence-corrected chi connectivity index (χ4v) is 8.58. The van der Waals surface area contributed by atoms with Crippen LogP contribution in [0, 0.1) is 34.0 Å². The average Bonchev–Trinajstić information content (AvgIpc) is 3.34. The Bertz CT molecular complexity index is 1860. The van der Waals surface area contributed by atoms with Gasteiger partial charge in [0.05, 0.1) is 19.8 Å². The van der Waals surface area contributed by atoms with E-state index in [0.717, 1.165) is 57.8 Å². The largest absolute Gasteiger partial charge is 0.476 e. The highest BCUT2D eigenvalue weighted by atomic mass is 16.5. The van der Waals surface area contributed by atoms with Crippen molar-refractivity contribution in [3.63, 3.8) is 0 Å². The van der Waals surface area contributed by atoms with Crippen LogP contribution in [0.3, 0.4) is 0 Å². The molecule has 0 saturated heterocycles. The molecule has 0 radical (unpaired) electrons. The fourth-order valence-electron chi connectivity index (χ4n) is 8.58. The van der Waals surface area contributed by atoms with E-state index in [0.29, 0.717) is 19.8 Å². The van der Waals surface area contributed by atoms with Gasteiger partial charge in [0.25, 0.3) is 17.6 Å². The van der Waals surface area contributed by atoms with Crippen LogP contribution in [0.4, 0.5) is 0 Å². The first-order chi connectivity index (χ1) is 32.6. The Morgan fingerprint density at radius 1 is 0.273 bits per heavy atom. The van der Waals surface area contributed by atoms with Gasteiger partial charge in [-0.15, -0.1) is 0 Å². The van der Waals surface area contributed by atoms with Gasteiger partial charge in [-0.1, -0.05) is 213 Å². The predicted octanol–water partition coefficient (Wildman–Crippen LogP) is 15.2. The molecular formula is C54H81N9O3. The van der Waals surface area contributed by atoms with Crippen LogP contribution >= 0.6 is 0 Å². The summed E-state index contributed by atoms with van der Waals surface area (Å²) in [4.78, 5) is 28.7. The van der Waals surface area contributed by atoms with Gasteiger partial charge in [-0.25, -0.2) is 29.9 Å². The van der Waals surface area contributed by atoms with Gasteiger partial charge in [0.15, 0.2) is 0 Å². The van der Waals surface area contributed by atoms with E-state index >= 15 is 0 Å². The van der Waals surface area contributed by atoms with Gasteiger partial charge in [-0.2, -0.15) is 15.8 Å². The van der Waals surface area contributed by atoms with E-state index in [1.165, 1.54) is 154 Å². The van der Waals surface area contributed by atoms with Crippen molar-refractivity contribution in [3.8, 4) is 35.8 Å². The predicted molar refractivity (Wildman–Crippen MR) is 266 cm³/mol. The van der Waals surface area contributed by atoms with Crippen molar-refractivity contribution in [2.75, 3.05) is 19.8 Å². The Morgan fingerprint density at radius 3 is 0.652 bits per heavy atom. The maximum Gasteiger partial charge on any atom is 0.251 e.